The Balaban J connectivity index is -0.000000150. The molecule has 0 heterocycles. The van der Waals surface area contributed by atoms with Crippen molar-refractivity contribution in [2.45, 2.75) is 26.4 Å². The maximum Gasteiger partial charge on any atom is 0.406 e. The fourth-order valence-corrected chi connectivity index (χ4v) is 0. The van der Waals surface area contributed by atoms with Crippen molar-refractivity contribution in [3.63, 3.8) is 0 Å². The summed E-state index contributed by atoms with van der Waals surface area (Å²) in [6, 6.07) is 0. The predicted octanol–water partition coefficient (Wildman–Crippen LogP) is 2.92. The molecule has 0 bridgehead atoms. The summed E-state index contributed by atoms with van der Waals surface area (Å²) in [5.41, 5.74) is 0. The Bertz CT molecular complexity index is 132. The summed E-state index contributed by atoms with van der Waals surface area (Å²) < 4.78 is 32.9. The molecule has 1 atom stereocenters. The number of aliphatic hydroxyl groups is 1. The van der Waals surface area contributed by atoms with E-state index in [1.807, 2.05) is 0 Å². The van der Waals surface area contributed by atoms with Gasteiger partial charge in [-0.25, -0.2) is 4.39 Å². The molecule has 0 aliphatic rings. The molecule has 0 rings (SSSR count). The Morgan fingerprint density at radius 3 is 1.77 bits per heavy atom. The summed E-state index contributed by atoms with van der Waals surface area (Å²) >= 11 is 0. The van der Waals surface area contributed by atoms with Crippen LogP contribution in [0.5, 0.6) is 0 Å². The molecule has 0 saturated carbocycles. The maximum absolute atomic E-state index is 11.0. The predicted molar refractivity (Wildman–Crippen MR) is 42.2 cm³/mol. The first kappa shape index (κ1) is 17.5. The van der Waals surface area contributed by atoms with Crippen molar-refractivity contribution in [3.05, 3.63) is 19.3 Å². The largest absolute Gasteiger partial charge is 0.406 e. The van der Waals surface area contributed by atoms with Gasteiger partial charge >= 0.3 is 6.11 Å². The van der Waals surface area contributed by atoms with Crippen molar-refractivity contribution in [2.24, 2.45) is 5.92 Å². The smallest absolute Gasteiger partial charge is 0.341 e. The number of alkyl halides is 2. The van der Waals surface area contributed by atoms with Gasteiger partial charge in [-0.3, -0.25) is 0 Å². The van der Waals surface area contributed by atoms with Crippen LogP contribution < -0.4 is 0 Å². The van der Waals surface area contributed by atoms with Crippen molar-refractivity contribution < 1.29 is 18.3 Å². The Kier molecular flexibility index (Phi) is 9.66. The molecule has 5 heteroatoms. The van der Waals surface area contributed by atoms with Crippen molar-refractivity contribution in [1.29, 1.82) is 0 Å². The van der Waals surface area contributed by atoms with E-state index in [9.17, 15) is 13.2 Å². The van der Waals surface area contributed by atoms with Gasteiger partial charge in [-0.15, -0.1) is 0 Å². The number of hydrogen-bond acceptors (Lipinski definition) is 1. The van der Waals surface area contributed by atoms with Crippen molar-refractivity contribution >= 4 is 0 Å². The third-order valence-corrected chi connectivity index (χ3v) is 1.02. The second-order valence-electron chi connectivity index (χ2n) is 2.46. The van der Waals surface area contributed by atoms with Crippen LogP contribution in [0.2, 0.25) is 0 Å². The van der Waals surface area contributed by atoms with E-state index in [0.29, 0.717) is 5.92 Å². The Morgan fingerprint density at radius 1 is 1.62 bits per heavy atom. The molecule has 1 N–H and O–H groups in total. The van der Waals surface area contributed by atoms with Crippen LogP contribution in [0.15, 0.2) is 12.4 Å². The zero-order valence-corrected chi connectivity index (χ0v) is 14.4. The summed E-state index contributed by atoms with van der Waals surface area (Å²) in [4.78, 5) is 0. The first-order chi connectivity index (χ1) is 5.21. The minimum atomic E-state index is -4.36. The molecule has 1 unspecified atom stereocenters. The molecular formula is C8H14F3ORf-. The first-order valence-corrected chi connectivity index (χ1v) is 3.50. The zero-order chi connectivity index (χ0) is 10.4. The van der Waals surface area contributed by atoms with Gasteiger partial charge in [-0.05, 0) is 0 Å². The van der Waals surface area contributed by atoms with Gasteiger partial charge in [-0.1, -0.05) is 26.8 Å². The molecule has 1 nitrogen and oxygen atoms in total. The molecule has 0 aromatic rings. The van der Waals surface area contributed by atoms with Crippen molar-refractivity contribution in [2.75, 3.05) is 0 Å². The number of halogens is 3. The van der Waals surface area contributed by atoms with Gasteiger partial charge in [0.25, 0.3) is 0 Å². The van der Waals surface area contributed by atoms with E-state index < -0.39 is 11.9 Å². The normalized spacial score (nSPS) is 11.9. The van der Waals surface area contributed by atoms with E-state index in [4.69, 9.17) is 5.11 Å². The van der Waals surface area contributed by atoms with E-state index >= 15 is 0 Å². The summed E-state index contributed by atoms with van der Waals surface area (Å²) in [6.07, 6.45) is -3.17. The topological polar surface area (TPSA) is 20.2 Å². The molecule has 76 valence electrons. The van der Waals surface area contributed by atoms with Crippen LogP contribution >= 0.6 is 0 Å². The SMILES string of the molecule is C=C(F)C(O)(F)F.[CH2-]C(C)CC.[Rf]. The maximum atomic E-state index is 11.0. The van der Waals surface area contributed by atoms with E-state index in [1.54, 1.807) is 0 Å². The molecule has 13 heavy (non-hydrogen) atoms. The van der Waals surface area contributed by atoms with Crippen LogP contribution in [0.3, 0.4) is 0 Å². The van der Waals surface area contributed by atoms with E-state index in [2.05, 4.69) is 27.4 Å². The summed E-state index contributed by atoms with van der Waals surface area (Å²) in [7, 11) is 0. The minimum absolute atomic E-state index is 0. The molecule has 0 spiro atoms. The van der Waals surface area contributed by atoms with Crippen LogP contribution in [0, 0.1) is 12.8 Å². The average molecular weight is 450 g/mol. The van der Waals surface area contributed by atoms with Gasteiger partial charge in [0, 0.05) is 0 Å². The van der Waals surface area contributed by atoms with Crippen LogP contribution in [0.1, 0.15) is 20.3 Å². The third kappa shape index (κ3) is 18.0. The van der Waals surface area contributed by atoms with Crippen LogP contribution in [0.25, 0.3) is 0 Å². The van der Waals surface area contributed by atoms with E-state index in [1.165, 1.54) is 6.42 Å². The summed E-state index contributed by atoms with van der Waals surface area (Å²) in [6.45, 7) is 10.2. The third-order valence-electron chi connectivity index (χ3n) is 1.02. The Morgan fingerprint density at radius 2 is 1.77 bits per heavy atom. The second-order valence-corrected chi connectivity index (χ2v) is 2.46. The molecule has 0 aromatic carbocycles. The summed E-state index contributed by atoms with van der Waals surface area (Å²) in [5.74, 6) is -1.40. The molecule has 0 radical (unpaired) electrons. The van der Waals surface area contributed by atoms with Crippen LogP contribution in [-0.2, 0) is 0 Å². The first-order valence-electron chi connectivity index (χ1n) is 3.50. The van der Waals surface area contributed by atoms with E-state index in [-0.39, 0.29) is 0 Å². The van der Waals surface area contributed by atoms with Gasteiger partial charge in [0.1, 0.15) is 0 Å². The van der Waals surface area contributed by atoms with Gasteiger partial charge < -0.3 is 12.0 Å². The quantitative estimate of drug-likeness (QED) is 0.642. The van der Waals surface area contributed by atoms with Gasteiger partial charge in [0.05, 0.1) is 0 Å². The van der Waals surface area contributed by atoms with Crippen molar-refractivity contribution in [1.82, 2.24) is 0 Å². The fraction of sp³-hybridized carbons (Fsp3) is 0.625. The second kappa shape index (κ2) is 7.16. The fourth-order valence-electron chi connectivity index (χ4n) is 0. The standard InChI is InChI=1S/C5H11.C3H3F3O.Rf/c1-4-5(2)3;1-2(4)3(5,6)7;/h5H,2,4H2,1,3H3;7H,1H2;/q-1;;. The molecule has 0 aliphatic carbocycles. The van der Waals surface area contributed by atoms with Crippen LogP contribution in [-0.4, -0.2) is 11.2 Å². The molecule has 0 aliphatic heterocycles. The average Bonchev–Trinajstić information content (AvgIpc) is 1.87. The number of hydrogen-bond donors (Lipinski definition) is 1. The van der Waals surface area contributed by atoms with Gasteiger partial charge in [0.2, 0.25) is 0 Å². The number of rotatable bonds is 2. The molecule has 0 amide bonds. The molecule has 0 saturated heterocycles. The van der Waals surface area contributed by atoms with Gasteiger partial charge in [0.15, 0.2) is 5.83 Å². The Labute approximate surface area is 70.9 Å². The zero-order valence-electron chi connectivity index (χ0n) is 7.99. The van der Waals surface area contributed by atoms with Gasteiger partial charge in [-0.2, -0.15) is 14.7 Å². The van der Waals surface area contributed by atoms with Crippen LogP contribution in [0.4, 0.5) is 13.2 Å². The molecular weight excluding hydrogens is 436 g/mol. The Hall–Kier alpha value is -1.51. The summed E-state index contributed by atoms with van der Waals surface area (Å²) in [5, 5.41) is 7.29. The minimum Gasteiger partial charge on any atom is -0.341 e. The molecule has 0 fully saturated rings. The monoisotopic (exact) mass is 450 g/mol. The molecule has 0 aromatic heterocycles. The van der Waals surface area contributed by atoms with Crippen molar-refractivity contribution in [3.8, 4) is 0 Å². The van der Waals surface area contributed by atoms with E-state index in [0.717, 1.165) is 0 Å².